The fraction of sp³-hybridized carbons (Fsp3) is 0.500. The van der Waals surface area contributed by atoms with E-state index >= 15 is 0 Å². The van der Waals surface area contributed by atoms with E-state index in [-0.39, 0.29) is 5.91 Å². The number of aliphatic carboxylic acids is 1. The highest BCUT2D eigenvalue weighted by Gasteiger charge is 2.35. The van der Waals surface area contributed by atoms with Crippen LogP contribution in [0.2, 0.25) is 0 Å². The van der Waals surface area contributed by atoms with Gasteiger partial charge in [-0.15, -0.1) is 0 Å². The number of pyridine rings is 1. The zero-order valence-corrected chi connectivity index (χ0v) is 10.7. The number of nitrogens with zero attached hydrogens (tertiary/aromatic N) is 1. The summed E-state index contributed by atoms with van der Waals surface area (Å²) in [5.41, 5.74) is 0.964. The van der Waals surface area contributed by atoms with Crippen LogP contribution in [0.4, 0.5) is 0 Å². The maximum Gasteiger partial charge on any atom is 0.307 e. The molecular weight excluding hydrogens is 244 g/mol. The van der Waals surface area contributed by atoms with Crippen LogP contribution >= 0.6 is 0 Å². The Morgan fingerprint density at radius 3 is 2.47 bits per heavy atom. The zero-order chi connectivity index (χ0) is 13.7. The third-order valence-electron chi connectivity index (χ3n) is 3.64. The Labute approximate surface area is 112 Å². The molecular formula is C14H18N2O3. The summed E-state index contributed by atoms with van der Waals surface area (Å²) in [7, 11) is 0. The van der Waals surface area contributed by atoms with Crippen molar-refractivity contribution in [2.24, 2.45) is 11.8 Å². The normalized spacial score (nSPS) is 22.7. The van der Waals surface area contributed by atoms with Crippen LogP contribution < -0.4 is 5.32 Å². The first-order valence-corrected chi connectivity index (χ1v) is 6.58. The number of carbonyl (C=O) groups excluding carboxylic acids is 1. The first-order chi connectivity index (χ1) is 9.18. The van der Waals surface area contributed by atoms with Gasteiger partial charge in [-0.05, 0) is 30.5 Å². The van der Waals surface area contributed by atoms with E-state index < -0.39 is 17.8 Å². The Kier molecular flexibility index (Phi) is 4.49. The van der Waals surface area contributed by atoms with Crippen LogP contribution in [0.1, 0.15) is 31.2 Å². The molecule has 2 N–H and O–H groups in total. The minimum absolute atomic E-state index is 0.149. The second-order valence-electron chi connectivity index (χ2n) is 4.91. The average molecular weight is 262 g/mol. The Hall–Kier alpha value is -1.91. The van der Waals surface area contributed by atoms with E-state index in [2.05, 4.69) is 10.3 Å². The van der Waals surface area contributed by atoms with Crippen molar-refractivity contribution in [3.05, 3.63) is 30.1 Å². The summed E-state index contributed by atoms with van der Waals surface area (Å²) in [6, 6.07) is 3.66. The van der Waals surface area contributed by atoms with Crippen molar-refractivity contribution in [2.75, 3.05) is 0 Å². The first-order valence-electron chi connectivity index (χ1n) is 6.58. The SMILES string of the molecule is O=C(NCc1ccncc1)[C@H]1CCCC[C@H]1C(=O)O. The fourth-order valence-electron chi connectivity index (χ4n) is 2.56. The number of hydrogen-bond acceptors (Lipinski definition) is 3. The van der Waals surface area contributed by atoms with E-state index in [9.17, 15) is 9.59 Å². The monoisotopic (exact) mass is 262 g/mol. The molecule has 1 amide bonds. The van der Waals surface area contributed by atoms with Gasteiger partial charge in [0.2, 0.25) is 5.91 Å². The van der Waals surface area contributed by atoms with Gasteiger partial charge in [0.15, 0.2) is 0 Å². The lowest BCUT2D eigenvalue weighted by molar-refractivity contribution is -0.148. The minimum atomic E-state index is -0.858. The van der Waals surface area contributed by atoms with Gasteiger partial charge in [-0.3, -0.25) is 14.6 Å². The minimum Gasteiger partial charge on any atom is -0.481 e. The van der Waals surface area contributed by atoms with E-state index in [4.69, 9.17) is 5.11 Å². The van der Waals surface area contributed by atoms with Crippen LogP contribution in [0.15, 0.2) is 24.5 Å². The predicted molar refractivity (Wildman–Crippen MR) is 69.2 cm³/mol. The van der Waals surface area contributed by atoms with Gasteiger partial charge in [-0.1, -0.05) is 12.8 Å². The molecule has 1 heterocycles. The maximum absolute atomic E-state index is 12.1. The number of carboxylic acids is 1. The van der Waals surface area contributed by atoms with Gasteiger partial charge in [0, 0.05) is 18.9 Å². The Balaban J connectivity index is 1.93. The van der Waals surface area contributed by atoms with Crippen molar-refractivity contribution >= 4 is 11.9 Å². The van der Waals surface area contributed by atoms with Gasteiger partial charge in [0.05, 0.1) is 11.8 Å². The number of carbonyl (C=O) groups is 2. The van der Waals surface area contributed by atoms with Crippen LogP contribution in [-0.4, -0.2) is 22.0 Å². The highest BCUT2D eigenvalue weighted by molar-refractivity contribution is 5.84. The molecule has 19 heavy (non-hydrogen) atoms. The van der Waals surface area contributed by atoms with Crippen LogP contribution in [0.5, 0.6) is 0 Å². The van der Waals surface area contributed by atoms with E-state index in [0.29, 0.717) is 19.4 Å². The van der Waals surface area contributed by atoms with Gasteiger partial charge in [0.25, 0.3) is 0 Å². The molecule has 1 aliphatic carbocycles. The number of amides is 1. The molecule has 0 saturated heterocycles. The quantitative estimate of drug-likeness (QED) is 0.863. The molecule has 0 spiro atoms. The molecule has 0 unspecified atom stereocenters. The Morgan fingerprint density at radius 2 is 1.84 bits per heavy atom. The first kappa shape index (κ1) is 13.5. The van der Waals surface area contributed by atoms with Gasteiger partial charge in [-0.2, -0.15) is 0 Å². The fourth-order valence-corrected chi connectivity index (χ4v) is 2.56. The number of aromatic nitrogens is 1. The molecule has 0 aliphatic heterocycles. The van der Waals surface area contributed by atoms with E-state index in [0.717, 1.165) is 18.4 Å². The lowest BCUT2D eigenvalue weighted by Gasteiger charge is -2.27. The third-order valence-corrected chi connectivity index (χ3v) is 3.64. The van der Waals surface area contributed by atoms with Crippen molar-refractivity contribution in [3.63, 3.8) is 0 Å². The average Bonchev–Trinajstić information content (AvgIpc) is 2.46. The lowest BCUT2D eigenvalue weighted by Crippen LogP contribution is -2.39. The summed E-state index contributed by atoms with van der Waals surface area (Å²) >= 11 is 0. The molecule has 2 atom stereocenters. The topological polar surface area (TPSA) is 79.3 Å². The lowest BCUT2D eigenvalue weighted by atomic mass is 9.78. The van der Waals surface area contributed by atoms with Crippen LogP contribution in [-0.2, 0) is 16.1 Å². The van der Waals surface area contributed by atoms with Crippen molar-refractivity contribution in [2.45, 2.75) is 32.2 Å². The Bertz CT molecular complexity index is 447. The molecule has 0 bridgehead atoms. The molecule has 1 saturated carbocycles. The zero-order valence-electron chi connectivity index (χ0n) is 10.7. The molecule has 0 aromatic carbocycles. The summed E-state index contributed by atoms with van der Waals surface area (Å²) in [5.74, 6) is -1.94. The number of rotatable bonds is 4. The third kappa shape index (κ3) is 3.53. The molecule has 2 rings (SSSR count). The van der Waals surface area contributed by atoms with Gasteiger partial charge in [0.1, 0.15) is 0 Å². The molecule has 1 aliphatic rings. The van der Waals surface area contributed by atoms with Crippen molar-refractivity contribution in [1.82, 2.24) is 10.3 Å². The molecule has 1 aromatic rings. The van der Waals surface area contributed by atoms with Crippen LogP contribution in [0.3, 0.4) is 0 Å². The standard InChI is InChI=1S/C14H18N2O3/c17-13(16-9-10-5-7-15-8-6-10)11-3-1-2-4-12(11)14(18)19/h5-8,11-12H,1-4,9H2,(H,16,17)(H,18,19)/t11-,12+/m0/s1. The van der Waals surface area contributed by atoms with Gasteiger partial charge in [-0.25, -0.2) is 0 Å². The highest BCUT2D eigenvalue weighted by Crippen LogP contribution is 2.30. The van der Waals surface area contributed by atoms with Gasteiger partial charge < -0.3 is 10.4 Å². The second-order valence-corrected chi connectivity index (χ2v) is 4.91. The second kappa shape index (κ2) is 6.31. The number of carboxylic acid groups (broad SMARTS) is 1. The molecule has 5 nitrogen and oxygen atoms in total. The van der Waals surface area contributed by atoms with Crippen LogP contribution in [0.25, 0.3) is 0 Å². The maximum atomic E-state index is 12.1. The molecule has 1 aromatic heterocycles. The number of hydrogen-bond donors (Lipinski definition) is 2. The molecule has 102 valence electrons. The van der Waals surface area contributed by atoms with Crippen LogP contribution in [0, 0.1) is 11.8 Å². The Morgan fingerprint density at radius 1 is 1.21 bits per heavy atom. The number of nitrogens with one attached hydrogen (secondary N) is 1. The summed E-state index contributed by atoms with van der Waals surface area (Å²) in [4.78, 5) is 27.2. The summed E-state index contributed by atoms with van der Waals surface area (Å²) in [5, 5.41) is 12.0. The van der Waals surface area contributed by atoms with Crippen molar-refractivity contribution in [1.29, 1.82) is 0 Å². The van der Waals surface area contributed by atoms with E-state index in [1.165, 1.54) is 0 Å². The molecule has 0 radical (unpaired) electrons. The largest absolute Gasteiger partial charge is 0.481 e. The summed E-state index contributed by atoms with van der Waals surface area (Å²) in [6.45, 7) is 0.421. The highest BCUT2D eigenvalue weighted by atomic mass is 16.4. The summed E-state index contributed by atoms with van der Waals surface area (Å²) < 4.78 is 0. The van der Waals surface area contributed by atoms with E-state index in [1.807, 2.05) is 12.1 Å². The van der Waals surface area contributed by atoms with E-state index in [1.54, 1.807) is 12.4 Å². The van der Waals surface area contributed by atoms with Gasteiger partial charge >= 0.3 is 5.97 Å². The molecule has 1 fully saturated rings. The smallest absolute Gasteiger partial charge is 0.307 e. The summed E-state index contributed by atoms with van der Waals surface area (Å²) in [6.07, 6.45) is 6.42. The van der Waals surface area contributed by atoms with Crippen molar-refractivity contribution in [3.8, 4) is 0 Å². The van der Waals surface area contributed by atoms with Crippen molar-refractivity contribution < 1.29 is 14.7 Å². The molecule has 5 heteroatoms. The predicted octanol–water partition coefficient (Wildman–Crippen LogP) is 1.59.